The number of nitrogen functional groups attached to an aromatic ring is 1. The lowest BCUT2D eigenvalue weighted by Crippen LogP contribution is -2.45. The van der Waals surface area contributed by atoms with E-state index < -0.39 is 0 Å². The molecule has 0 unspecified atom stereocenters. The van der Waals surface area contributed by atoms with Gasteiger partial charge in [0.2, 0.25) is 0 Å². The summed E-state index contributed by atoms with van der Waals surface area (Å²) < 4.78 is 0. The molecule has 2 aliphatic rings. The number of hydrogen-bond acceptors (Lipinski definition) is 6. The maximum Gasteiger partial charge on any atom is 0.183 e. The number of hydrogen-bond donors (Lipinski definition) is 2. The standard InChI is InChI=1S/C24H22Cl2N6/c25-17-7-3-6-16(19(17)26)20-22(29)31-23(18(13-27)30-20)32-10-8-24(9-11-32)12-14-4-1-2-5-15(14)21(24)28/h1-7,21H,8-12,28H2,(H2,29,31)/t21-/m1/s1. The van der Waals surface area contributed by atoms with Crippen LogP contribution < -0.4 is 16.4 Å². The Hall–Kier alpha value is -2.85. The molecular weight excluding hydrogens is 443 g/mol. The molecule has 5 rings (SSSR count). The van der Waals surface area contributed by atoms with Crippen molar-refractivity contribution in [3.63, 3.8) is 0 Å². The third-order valence-electron chi connectivity index (χ3n) is 6.87. The molecule has 1 aliphatic heterocycles. The second kappa shape index (κ2) is 7.93. The summed E-state index contributed by atoms with van der Waals surface area (Å²) in [4.78, 5) is 11.2. The minimum atomic E-state index is 0.0276. The highest BCUT2D eigenvalue weighted by atomic mass is 35.5. The SMILES string of the molecule is N#Cc1nc(-c2cccc(Cl)c2Cl)c(N)nc1N1CCC2(CC1)Cc1ccccc1[C@H]2N. The van der Waals surface area contributed by atoms with Crippen LogP contribution in [-0.4, -0.2) is 23.1 Å². The van der Waals surface area contributed by atoms with Gasteiger partial charge in [-0.05, 0) is 41.9 Å². The molecule has 1 aliphatic carbocycles. The molecule has 2 aromatic carbocycles. The number of halogens is 2. The van der Waals surface area contributed by atoms with Crippen molar-refractivity contribution >= 4 is 34.8 Å². The fraction of sp³-hybridized carbons (Fsp3) is 0.292. The molecule has 1 atom stereocenters. The quantitative estimate of drug-likeness (QED) is 0.566. The molecule has 8 heteroatoms. The normalized spacial score (nSPS) is 19.1. The Morgan fingerprint density at radius 3 is 2.53 bits per heavy atom. The van der Waals surface area contributed by atoms with Gasteiger partial charge >= 0.3 is 0 Å². The molecule has 0 amide bonds. The molecule has 6 nitrogen and oxygen atoms in total. The van der Waals surface area contributed by atoms with Gasteiger partial charge < -0.3 is 16.4 Å². The number of nitrogens with zero attached hydrogens (tertiary/aromatic N) is 4. The maximum absolute atomic E-state index is 9.80. The molecular formula is C24H22Cl2N6. The molecule has 32 heavy (non-hydrogen) atoms. The summed E-state index contributed by atoms with van der Waals surface area (Å²) in [5.41, 5.74) is 16.7. The average Bonchev–Trinajstić information content (AvgIpc) is 3.07. The second-order valence-corrected chi connectivity index (χ2v) is 9.33. The monoisotopic (exact) mass is 464 g/mol. The number of nitrogens with two attached hydrogens (primary N) is 2. The van der Waals surface area contributed by atoms with Gasteiger partial charge in [0.25, 0.3) is 0 Å². The third-order valence-corrected chi connectivity index (χ3v) is 7.69. The van der Waals surface area contributed by atoms with E-state index in [9.17, 15) is 5.26 Å². The topological polar surface area (TPSA) is 105 Å². The van der Waals surface area contributed by atoms with E-state index in [1.807, 2.05) is 0 Å². The first-order valence-corrected chi connectivity index (χ1v) is 11.3. The van der Waals surface area contributed by atoms with Crippen LogP contribution in [0.1, 0.15) is 35.7 Å². The number of fused-ring (bicyclic) bond motifs is 1. The van der Waals surface area contributed by atoms with Gasteiger partial charge in [-0.1, -0.05) is 59.6 Å². The van der Waals surface area contributed by atoms with Gasteiger partial charge in [0.1, 0.15) is 11.8 Å². The van der Waals surface area contributed by atoms with Crippen LogP contribution in [0.25, 0.3) is 11.3 Å². The highest BCUT2D eigenvalue weighted by molar-refractivity contribution is 6.43. The van der Waals surface area contributed by atoms with Gasteiger partial charge in [0.05, 0.1) is 10.0 Å². The highest BCUT2D eigenvalue weighted by Gasteiger charge is 2.46. The summed E-state index contributed by atoms with van der Waals surface area (Å²) in [6.45, 7) is 1.48. The zero-order valence-electron chi connectivity index (χ0n) is 17.4. The van der Waals surface area contributed by atoms with Gasteiger partial charge in [-0.25, -0.2) is 9.97 Å². The van der Waals surface area contributed by atoms with Gasteiger partial charge in [0, 0.05) is 24.7 Å². The van der Waals surface area contributed by atoms with Gasteiger partial charge in [-0.15, -0.1) is 0 Å². The Kier molecular flexibility index (Phi) is 5.21. The zero-order valence-corrected chi connectivity index (χ0v) is 18.9. The van der Waals surface area contributed by atoms with Crippen molar-refractivity contribution in [3.05, 3.63) is 69.3 Å². The largest absolute Gasteiger partial charge is 0.382 e. The zero-order chi connectivity index (χ0) is 22.5. The van der Waals surface area contributed by atoms with Crippen LogP contribution >= 0.6 is 23.2 Å². The summed E-state index contributed by atoms with van der Waals surface area (Å²) >= 11 is 12.5. The Bertz CT molecular complexity index is 1240. The van der Waals surface area contributed by atoms with Crippen LogP contribution in [0.15, 0.2) is 42.5 Å². The minimum absolute atomic E-state index is 0.0276. The Morgan fingerprint density at radius 1 is 1.06 bits per heavy atom. The van der Waals surface area contributed by atoms with Crippen molar-refractivity contribution in [3.8, 4) is 17.3 Å². The maximum atomic E-state index is 9.80. The molecule has 4 N–H and O–H groups in total. The van der Waals surface area contributed by atoms with E-state index in [2.05, 4.69) is 45.2 Å². The number of benzene rings is 2. The first kappa shape index (κ1) is 21.0. The van der Waals surface area contributed by atoms with Gasteiger partial charge in [-0.3, -0.25) is 0 Å². The van der Waals surface area contributed by atoms with Crippen molar-refractivity contribution in [2.75, 3.05) is 23.7 Å². The van der Waals surface area contributed by atoms with Crippen molar-refractivity contribution in [1.29, 1.82) is 5.26 Å². The van der Waals surface area contributed by atoms with Crippen LogP contribution in [-0.2, 0) is 6.42 Å². The Labute approximate surface area is 196 Å². The van der Waals surface area contributed by atoms with Gasteiger partial charge in [0.15, 0.2) is 17.3 Å². The van der Waals surface area contributed by atoms with Crippen LogP contribution in [0.2, 0.25) is 10.0 Å². The van der Waals surface area contributed by atoms with Crippen LogP contribution in [0.5, 0.6) is 0 Å². The number of aromatic nitrogens is 2. The van der Waals surface area contributed by atoms with Crippen LogP contribution in [0, 0.1) is 16.7 Å². The first-order chi connectivity index (χ1) is 15.4. The lowest BCUT2D eigenvalue weighted by atomic mass is 9.73. The second-order valence-electron chi connectivity index (χ2n) is 8.55. The molecule has 0 radical (unpaired) electrons. The summed E-state index contributed by atoms with van der Waals surface area (Å²) in [6.07, 6.45) is 2.82. The average molecular weight is 465 g/mol. The van der Waals surface area contributed by atoms with E-state index in [0.29, 0.717) is 27.1 Å². The summed E-state index contributed by atoms with van der Waals surface area (Å²) in [6, 6.07) is 15.9. The molecule has 1 saturated heterocycles. The third kappa shape index (κ3) is 3.29. The fourth-order valence-electron chi connectivity index (χ4n) is 5.09. The minimum Gasteiger partial charge on any atom is -0.382 e. The smallest absolute Gasteiger partial charge is 0.183 e. The van der Waals surface area contributed by atoms with Crippen molar-refractivity contribution < 1.29 is 0 Å². The molecule has 3 aromatic rings. The van der Waals surface area contributed by atoms with E-state index in [4.69, 9.17) is 34.7 Å². The number of nitriles is 1. The molecule has 0 saturated carbocycles. The van der Waals surface area contributed by atoms with Crippen LogP contribution in [0.4, 0.5) is 11.6 Å². The molecule has 1 aromatic heterocycles. The van der Waals surface area contributed by atoms with Crippen molar-refractivity contribution in [2.45, 2.75) is 25.3 Å². The van der Waals surface area contributed by atoms with E-state index in [1.165, 1.54) is 11.1 Å². The van der Waals surface area contributed by atoms with Crippen molar-refractivity contribution in [1.82, 2.24) is 9.97 Å². The summed E-state index contributed by atoms with van der Waals surface area (Å²) in [5.74, 6) is 0.722. The molecule has 162 valence electrons. The van der Waals surface area contributed by atoms with Crippen LogP contribution in [0.3, 0.4) is 0 Å². The lowest BCUT2D eigenvalue weighted by Gasteiger charge is -2.42. The van der Waals surface area contributed by atoms with Gasteiger partial charge in [-0.2, -0.15) is 5.26 Å². The van der Waals surface area contributed by atoms with E-state index in [0.717, 1.165) is 32.4 Å². The van der Waals surface area contributed by atoms with E-state index in [-0.39, 0.29) is 23.0 Å². The highest BCUT2D eigenvalue weighted by Crippen LogP contribution is 2.51. The lowest BCUT2D eigenvalue weighted by molar-refractivity contribution is 0.187. The number of piperidine rings is 1. The predicted octanol–water partition coefficient (Wildman–Crippen LogP) is 4.75. The number of rotatable bonds is 2. The Balaban J connectivity index is 1.43. The molecule has 0 bridgehead atoms. The fourth-order valence-corrected chi connectivity index (χ4v) is 5.48. The number of anilines is 2. The summed E-state index contributed by atoms with van der Waals surface area (Å²) in [7, 11) is 0. The molecule has 1 spiro atoms. The Morgan fingerprint density at radius 2 is 1.81 bits per heavy atom. The van der Waals surface area contributed by atoms with E-state index >= 15 is 0 Å². The van der Waals surface area contributed by atoms with E-state index in [1.54, 1.807) is 18.2 Å². The molecule has 2 heterocycles. The first-order valence-electron chi connectivity index (χ1n) is 10.5. The molecule has 1 fully saturated rings. The van der Waals surface area contributed by atoms with Crippen molar-refractivity contribution in [2.24, 2.45) is 11.1 Å². The summed E-state index contributed by atoms with van der Waals surface area (Å²) in [5, 5.41) is 10.5. The predicted molar refractivity (Wildman–Crippen MR) is 128 cm³/mol.